The minimum Gasteiger partial charge on any atom is -0.490 e. The van der Waals surface area contributed by atoms with Crippen LogP contribution in [-0.4, -0.2) is 61.7 Å². The van der Waals surface area contributed by atoms with E-state index in [9.17, 15) is 9.59 Å². The summed E-state index contributed by atoms with van der Waals surface area (Å²) < 4.78 is 17.2. The highest BCUT2D eigenvalue weighted by Crippen LogP contribution is 2.38. The number of hydrogen-bond donors (Lipinski definition) is 0. The van der Waals surface area contributed by atoms with Crippen molar-refractivity contribution in [2.24, 2.45) is 0 Å². The van der Waals surface area contributed by atoms with Crippen molar-refractivity contribution in [2.45, 2.75) is 25.8 Å². The van der Waals surface area contributed by atoms with Crippen molar-refractivity contribution in [3.8, 4) is 5.75 Å². The van der Waals surface area contributed by atoms with Crippen LogP contribution in [0.1, 0.15) is 46.6 Å². The number of aryl methyl sites for hydroxylation is 1. The SMILES string of the molecule is C=CCOc1ccc(C2c3c(oc4ccc(CC)cc4c3=O)C(=O)N2CCCN2CCOCC2)cc1. The summed E-state index contributed by atoms with van der Waals surface area (Å²) >= 11 is 0. The van der Waals surface area contributed by atoms with Gasteiger partial charge in [0, 0.05) is 26.2 Å². The fraction of sp³-hybridized carbons (Fsp3) is 0.379. The van der Waals surface area contributed by atoms with Crippen molar-refractivity contribution in [2.75, 3.05) is 46.0 Å². The minimum absolute atomic E-state index is 0.137. The second-order valence-corrected chi connectivity index (χ2v) is 9.24. The molecule has 1 unspecified atom stereocenters. The molecule has 2 aliphatic rings. The van der Waals surface area contributed by atoms with E-state index in [-0.39, 0.29) is 17.1 Å². The largest absolute Gasteiger partial charge is 0.490 e. The Hall–Kier alpha value is -3.42. The molecular formula is C29H32N2O5. The van der Waals surface area contributed by atoms with Crippen LogP contribution in [0.25, 0.3) is 11.0 Å². The molecule has 1 amide bonds. The standard InChI is InChI=1S/C29H32N2O5/c1-3-16-35-22-9-7-21(8-10-22)26-25-27(32)23-19-20(4-2)6-11-24(23)36-28(25)29(33)31(26)13-5-12-30-14-17-34-18-15-30/h3,6-11,19,26H,1,4-5,12-18H2,2H3. The van der Waals surface area contributed by atoms with E-state index in [0.717, 1.165) is 56.8 Å². The van der Waals surface area contributed by atoms with Gasteiger partial charge >= 0.3 is 0 Å². The van der Waals surface area contributed by atoms with Crippen molar-refractivity contribution in [3.05, 3.63) is 87.8 Å². The number of carbonyl (C=O) groups is 1. The second kappa shape index (κ2) is 10.7. The van der Waals surface area contributed by atoms with Gasteiger partial charge in [-0.1, -0.05) is 37.8 Å². The summed E-state index contributed by atoms with van der Waals surface area (Å²) in [5.74, 6) is 0.628. The van der Waals surface area contributed by atoms with E-state index in [1.54, 1.807) is 17.0 Å². The third-order valence-corrected chi connectivity index (χ3v) is 6.98. The lowest BCUT2D eigenvalue weighted by Crippen LogP contribution is -2.38. The first kappa shape index (κ1) is 24.3. The van der Waals surface area contributed by atoms with E-state index in [2.05, 4.69) is 18.4 Å². The van der Waals surface area contributed by atoms with E-state index in [4.69, 9.17) is 13.9 Å². The number of carbonyl (C=O) groups excluding carboxylic acids is 1. The van der Waals surface area contributed by atoms with Crippen molar-refractivity contribution >= 4 is 16.9 Å². The van der Waals surface area contributed by atoms with Crippen LogP contribution in [-0.2, 0) is 11.2 Å². The molecular weight excluding hydrogens is 456 g/mol. The summed E-state index contributed by atoms with van der Waals surface area (Å²) in [5.41, 5.74) is 2.65. The third-order valence-electron chi connectivity index (χ3n) is 6.98. The summed E-state index contributed by atoms with van der Waals surface area (Å²) in [6.07, 6.45) is 3.30. The lowest BCUT2D eigenvalue weighted by atomic mass is 9.97. The van der Waals surface area contributed by atoms with Gasteiger partial charge in [-0.2, -0.15) is 0 Å². The third kappa shape index (κ3) is 4.68. The zero-order valence-corrected chi connectivity index (χ0v) is 20.7. The van der Waals surface area contributed by atoms with Gasteiger partial charge in [0.2, 0.25) is 5.76 Å². The van der Waals surface area contributed by atoms with E-state index >= 15 is 0 Å². The van der Waals surface area contributed by atoms with Gasteiger partial charge in [0.1, 0.15) is 17.9 Å². The molecule has 36 heavy (non-hydrogen) atoms. The first-order chi connectivity index (χ1) is 17.6. The smallest absolute Gasteiger partial charge is 0.290 e. The van der Waals surface area contributed by atoms with Gasteiger partial charge in [0.25, 0.3) is 5.91 Å². The molecule has 7 heteroatoms. The molecule has 5 rings (SSSR count). The summed E-state index contributed by atoms with van der Waals surface area (Å²) in [6.45, 7) is 10.8. The van der Waals surface area contributed by atoms with Gasteiger partial charge in [-0.25, -0.2) is 0 Å². The van der Waals surface area contributed by atoms with Crippen LogP contribution in [0, 0.1) is 0 Å². The van der Waals surface area contributed by atoms with Gasteiger partial charge in [0.15, 0.2) is 5.43 Å². The normalized spacial score (nSPS) is 18.0. The van der Waals surface area contributed by atoms with E-state index in [1.807, 2.05) is 36.4 Å². The predicted octanol–water partition coefficient (Wildman–Crippen LogP) is 4.19. The summed E-state index contributed by atoms with van der Waals surface area (Å²) in [4.78, 5) is 31.5. The van der Waals surface area contributed by atoms with Crippen molar-refractivity contribution in [1.82, 2.24) is 9.80 Å². The molecule has 7 nitrogen and oxygen atoms in total. The van der Waals surface area contributed by atoms with Gasteiger partial charge in [-0.15, -0.1) is 0 Å². The number of hydrogen-bond acceptors (Lipinski definition) is 6. The van der Waals surface area contributed by atoms with Gasteiger partial charge < -0.3 is 18.8 Å². The van der Waals surface area contributed by atoms with Crippen LogP contribution in [0.15, 0.2) is 64.3 Å². The molecule has 3 aromatic rings. The quantitative estimate of drug-likeness (QED) is 0.421. The average Bonchev–Trinajstić information content (AvgIpc) is 3.20. The van der Waals surface area contributed by atoms with E-state index < -0.39 is 6.04 Å². The number of benzene rings is 2. The minimum atomic E-state index is -0.503. The molecule has 0 bridgehead atoms. The maximum Gasteiger partial charge on any atom is 0.290 e. The van der Waals surface area contributed by atoms with Crippen LogP contribution in [0.4, 0.5) is 0 Å². The monoisotopic (exact) mass is 488 g/mol. The highest BCUT2D eigenvalue weighted by molar-refractivity contribution is 5.99. The number of nitrogens with zero attached hydrogens (tertiary/aromatic N) is 2. The number of fused-ring (bicyclic) bond motifs is 2. The Kier molecular flexibility index (Phi) is 7.20. The highest BCUT2D eigenvalue weighted by atomic mass is 16.5. The van der Waals surface area contributed by atoms with Crippen LogP contribution in [0.3, 0.4) is 0 Å². The Labute approximate surface area is 210 Å². The Balaban J connectivity index is 1.51. The van der Waals surface area contributed by atoms with Crippen molar-refractivity contribution in [3.63, 3.8) is 0 Å². The number of ether oxygens (including phenoxy) is 2. The summed E-state index contributed by atoms with van der Waals surface area (Å²) in [6, 6.07) is 12.7. The van der Waals surface area contributed by atoms with Crippen LogP contribution < -0.4 is 10.2 Å². The maximum atomic E-state index is 13.8. The number of amides is 1. The van der Waals surface area contributed by atoms with Crippen molar-refractivity contribution in [1.29, 1.82) is 0 Å². The zero-order chi connectivity index (χ0) is 25.1. The molecule has 1 saturated heterocycles. The van der Waals surface area contributed by atoms with Crippen LogP contribution in [0.5, 0.6) is 5.75 Å². The van der Waals surface area contributed by atoms with Crippen molar-refractivity contribution < 1.29 is 18.7 Å². The Morgan fingerprint density at radius 2 is 1.86 bits per heavy atom. The fourth-order valence-corrected chi connectivity index (χ4v) is 5.06. The van der Waals surface area contributed by atoms with Gasteiger partial charge in [-0.05, 0) is 48.2 Å². The molecule has 0 radical (unpaired) electrons. The molecule has 0 aliphatic carbocycles. The molecule has 0 N–H and O–H groups in total. The fourth-order valence-electron chi connectivity index (χ4n) is 5.06. The molecule has 1 aromatic heterocycles. The van der Waals surface area contributed by atoms with E-state index in [0.29, 0.717) is 35.4 Å². The summed E-state index contributed by atoms with van der Waals surface area (Å²) in [5, 5.41) is 0.520. The summed E-state index contributed by atoms with van der Waals surface area (Å²) in [7, 11) is 0. The molecule has 0 spiro atoms. The Bertz CT molecular complexity index is 1310. The predicted molar refractivity (Wildman–Crippen MR) is 139 cm³/mol. The van der Waals surface area contributed by atoms with Crippen LogP contribution in [0.2, 0.25) is 0 Å². The van der Waals surface area contributed by atoms with Crippen LogP contribution >= 0.6 is 0 Å². The lowest BCUT2D eigenvalue weighted by molar-refractivity contribution is 0.0353. The van der Waals surface area contributed by atoms with Gasteiger partial charge in [-0.3, -0.25) is 14.5 Å². The first-order valence-electron chi connectivity index (χ1n) is 12.6. The number of morpholine rings is 1. The lowest BCUT2D eigenvalue weighted by Gasteiger charge is -2.29. The highest BCUT2D eigenvalue weighted by Gasteiger charge is 2.42. The first-order valence-corrected chi connectivity index (χ1v) is 12.6. The molecule has 2 aliphatic heterocycles. The number of rotatable bonds is 9. The molecule has 2 aromatic carbocycles. The Morgan fingerprint density at radius 3 is 2.58 bits per heavy atom. The second-order valence-electron chi connectivity index (χ2n) is 9.24. The topological polar surface area (TPSA) is 72.2 Å². The van der Waals surface area contributed by atoms with E-state index in [1.165, 1.54) is 0 Å². The average molecular weight is 489 g/mol. The molecule has 1 atom stereocenters. The maximum absolute atomic E-state index is 13.8. The Morgan fingerprint density at radius 1 is 1.08 bits per heavy atom. The molecule has 3 heterocycles. The zero-order valence-electron chi connectivity index (χ0n) is 20.7. The molecule has 0 saturated carbocycles. The molecule has 188 valence electrons. The molecule has 1 fully saturated rings. The van der Waals surface area contributed by atoms with Gasteiger partial charge in [0.05, 0.1) is 30.2 Å².